The van der Waals surface area contributed by atoms with Crippen molar-refractivity contribution in [2.24, 2.45) is 5.92 Å². The Kier molecular flexibility index (Phi) is 5.41. The van der Waals surface area contributed by atoms with Crippen LogP contribution in [0.15, 0.2) is 66.4 Å². The average molecular weight is 359 g/mol. The highest BCUT2D eigenvalue weighted by Gasteiger charge is 2.42. The van der Waals surface area contributed by atoms with Crippen molar-refractivity contribution in [2.45, 2.75) is 33.2 Å². The van der Waals surface area contributed by atoms with Crippen LogP contribution in [0.3, 0.4) is 0 Å². The molecule has 0 aromatic heterocycles. The molecule has 2 unspecified atom stereocenters. The maximum atomic E-state index is 13.0. The molecule has 0 saturated carbocycles. The molecule has 0 saturated heterocycles. The third-order valence-corrected chi connectivity index (χ3v) is 5.25. The summed E-state index contributed by atoms with van der Waals surface area (Å²) in [6.45, 7) is 9.57. The predicted octanol–water partition coefficient (Wildman–Crippen LogP) is 4.82. The van der Waals surface area contributed by atoms with Crippen molar-refractivity contribution in [1.82, 2.24) is 5.32 Å². The Morgan fingerprint density at radius 3 is 2.48 bits per heavy atom. The fourth-order valence-corrected chi connectivity index (χ4v) is 3.79. The highest BCUT2D eigenvalue weighted by molar-refractivity contribution is 6.27. The third kappa shape index (κ3) is 3.37. The maximum absolute atomic E-state index is 13.0. The molecule has 2 atom stereocenters. The van der Waals surface area contributed by atoms with Crippen LogP contribution in [0.1, 0.15) is 52.6 Å². The fourth-order valence-electron chi connectivity index (χ4n) is 3.79. The zero-order chi connectivity index (χ0) is 19.6. The van der Waals surface area contributed by atoms with Gasteiger partial charge in [-0.15, -0.1) is 0 Å². The van der Waals surface area contributed by atoms with Gasteiger partial charge in [0.1, 0.15) is 5.92 Å². The van der Waals surface area contributed by atoms with E-state index in [2.05, 4.69) is 18.0 Å². The second-order valence-corrected chi connectivity index (χ2v) is 6.88. The van der Waals surface area contributed by atoms with Gasteiger partial charge in [0, 0.05) is 22.9 Å². The highest BCUT2D eigenvalue weighted by Crippen LogP contribution is 2.33. The first-order valence-electron chi connectivity index (χ1n) is 9.32. The SMILES string of the molecule is C=CC(=C/C)/C(=C\C)NC(C)C1C(=O)c2cc3c(cc2C1=O)CC=CC=C3. The van der Waals surface area contributed by atoms with Crippen LogP contribution in [0.25, 0.3) is 6.08 Å². The van der Waals surface area contributed by atoms with Crippen LogP contribution < -0.4 is 5.32 Å². The quantitative estimate of drug-likeness (QED) is 0.605. The Balaban J connectivity index is 1.91. The van der Waals surface area contributed by atoms with E-state index in [-0.39, 0.29) is 17.6 Å². The number of hydrogen-bond acceptors (Lipinski definition) is 3. The van der Waals surface area contributed by atoms with E-state index in [1.54, 1.807) is 6.08 Å². The van der Waals surface area contributed by atoms with E-state index in [1.807, 2.05) is 63.3 Å². The maximum Gasteiger partial charge on any atom is 0.176 e. The molecule has 1 aromatic carbocycles. The number of carbonyl (C=O) groups excluding carboxylic acids is 2. The Morgan fingerprint density at radius 2 is 1.85 bits per heavy atom. The fraction of sp³-hybridized carbons (Fsp3) is 0.250. The number of hydrogen-bond donors (Lipinski definition) is 1. The molecular formula is C24H25NO2. The van der Waals surface area contributed by atoms with Crippen molar-refractivity contribution in [2.75, 3.05) is 0 Å². The minimum atomic E-state index is -0.705. The molecule has 1 aromatic rings. The van der Waals surface area contributed by atoms with Crippen molar-refractivity contribution in [3.8, 4) is 0 Å². The Bertz CT molecular complexity index is 928. The van der Waals surface area contributed by atoms with Crippen LogP contribution in [0.4, 0.5) is 0 Å². The van der Waals surface area contributed by atoms with Gasteiger partial charge in [0.2, 0.25) is 0 Å². The lowest BCUT2D eigenvalue weighted by Crippen LogP contribution is -2.39. The molecule has 3 nitrogen and oxygen atoms in total. The summed E-state index contributed by atoms with van der Waals surface area (Å²) in [6.07, 6.45) is 14.4. The van der Waals surface area contributed by atoms with Crippen LogP contribution in [0.5, 0.6) is 0 Å². The lowest BCUT2D eigenvalue weighted by molar-refractivity contribution is 0.0813. The molecule has 0 radical (unpaired) electrons. The topological polar surface area (TPSA) is 46.2 Å². The number of Topliss-reactive ketones (excluding diaryl/α,β-unsaturated/α-hetero) is 2. The molecule has 3 rings (SSSR count). The normalized spacial score (nSPS) is 20.2. The molecule has 138 valence electrons. The van der Waals surface area contributed by atoms with E-state index in [9.17, 15) is 9.59 Å². The molecule has 0 heterocycles. The summed E-state index contributed by atoms with van der Waals surface area (Å²) in [6, 6.07) is 3.46. The Morgan fingerprint density at radius 1 is 1.15 bits per heavy atom. The van der Waals surface area contributed by atoms with Gasteiger partial charge in [-0.05, 0) is 56.0 Å². The summed E-state index contributed by atoms with van der Waals surface area (Å²) >= 11 is 0. The van der Waals surface area contributed by atoms with E-state index < -0.39 is 5.92 Å². The lowest BCUT2D eigenvalue weighted by Gasteiger charge is -2.22. The van der Waals surface area contributed by atoms with E-state index in [4.69, 9.17) is 0 Å². The van der Waals surface area contributed by atoms with Crippen LogP contribution in [-0.2, 0) is 6.42 Å². The summed E-state index contributed by atoms with van der Waals surface area (Å²) in [5.41, 5.74) is 5.01. The van der Waals surface area contributed by atoms with Crippen molar-refractivity contribution in [3.05, 3.63) is 88.7 Å². The number of benzene rings is 1. The average Bonchev–Trinajstić information content (AvgIpc) is 2.82. The van der Waals surface area contributed by atoms with Gasteiger partial charge in [0.15, 0.2) is 11.6 Å². The van der Waals surface area contributed by atoms with Gasteiger partial charge in [0.05, 0.1) is 0 Å². The zero-order valence-corrected chi connectivity index (χ0v) is 16.1. The van der Waals surface area contributed by atoms with Gasteiger partial charge in [-0.25, -0.2) is 0 Å². The smallest absolute Gasteiger partial charge is 0.176 e. The minimum Gasteiger partial charge on any atom is -0.381 e. The molecule has 0 bridgehead atoms. The number of nitrogens with one attached hydrogen (secondary N) is 1. The molecule has 2 aliphatic carbocycles. The van der Waals surface area contributed by atoms with Gasteiger partial charge in [0.25, 0.3) is 0 Å². The van der Waals surface area contributed by atoms with Crippen molar-refractivity contribution in [1.29, 1.82) is 0 Å². The first-order chi connectivity index (χ1) is 13.0. The van der Waals surface area contributed by atoms with Crippen LogP contribution >= 0.6 is 0 Å². The molecule has 27 heavy (non-hydrogen) atoms. The molecule has 0 fully saturated rings. The second kappa shape index (κ2) is 7.75. The molecule has 0 aliphatic heterocycles. The van der Waals surface area contributed by atoms with Gasteiger partial charge >= 0.3 is 0 Å². The van der Waals surface area contributed by atoms with Gasteiger partial charge < -0.3 is 5.32 Å². The second-order valence-electron chi connectivity index (χ2n) is 6.88. The van der Waals surface area contributed by atoms with Gasteiger partial charge in [-0.2, -0.15) is 0 Å². The number of carbonyl (C=O) groups is 2. The summed E-state index contributed by atoms with van der Waals surface area (Å²) in [7, 11) is 0. The van der Waals surface area contributed by atoms with E-state index in [0.717, 1.165) is 28.8 Å². The molecule has 1 N–H and O–H groups in total. The monoisotopic (exact) mass is 359 g/mol. The first kappa shape index (κ1) is 18.8. The molecule has 2 aliphatic rings. The van der Waals surface area contributed by atoms with E-state index in [1.165, 1.54) is 0 Å². The molecule has 3 heteroatoms. The van der Waals surface area contributed by atoms with E-state index >= 15 is 0 Å². The van der Waals surface area contributed by atoms with Crippen molar-refractivity contribution < 1.29 is 9.59 Å². The van der Waals surface area contributed by atoms with Crippen LogP contribution in [0.2, 0.25) is 0 Å². The van der Waals surface area contributed by atoms with Gasteiger partial charge in [-0.1, -0.05) is 49.1 Å². The third-order valence-electron chi connectivity index (χ3n) is 5.25. The molecular weight excluding hydrogens is 334 g/mol. The Labute approximate surface area is 160 Å². The highest BCUT2D eigenvalue weighted by atomic mass is 16.2. The lowest BCUT2D eigenvalue weighted by atomic mass is 9.95. The van der Waals surface area contributed by atoms with Crippen molar-refractivity contribution >= 4 is 17.6 Å². The standard InChI is InChI=1S/C24H25NO2/c1-5-16(6-2)21(7-3)25-15(4)22-23(26)19-13-17-11-9-8-10-12-18(17)14-20(19)24(22)27/h5-11,13-15,22,25H,1,12H2,2-4H3/b16-6-,21-7+. The number of ketones is 2. The largest absolute Gasteiger partial charge is 0.381 e. The molecule has 0 spiro atoms. The van der Waals surface area contributed by atoms with Gasteiger partial charge in [-0.3, -0.25) is 9.59 Å². The number of rotatable bonds is 5. The molecule has 0 amide bonds. The summed E-state index contributed by atoms with van der Waals surface area (Å²) in [4.78, 5) is 26.1. The summed E-state index contributed by atoms with van der Waals surface area (Å²) < 4.78 is 0. The predicted molar refractivity (Wildman–Crippen MR) is 111 cm³/mol. The van der Waals surface area contributed by atoms with Crippen LogP contribution in [0, 0.1) is 5.92 Å². The summed E-state index contributed by atoms with van der Waals surface area (Å²) in [5, 5.41) is 3.34. The first-order valence-corrected chi connectivity index (χ1v) is 9.32. The van der Waals surface area contributed by atoms with E-state index in [0.29, 0.717) is 11.1 Å². The minimum absolute atomic E-state index is 0.0916. The number of allylic oxidation sites excluding steroid dienone is 6. The van der Waals surface area contributed by atoms with Crippen molar-refractivity contribution in [3.63, 3.8) is 0 Å². The zero-order valence-electron chi connectivity index (χ0n) is 16.1. The summed E-state index contributed by atoms with van der Waals surface area (Å²) in [5.74, 6) is -0.894. The Hall–Kier alpha value is -2.94. The van der Waals surface area contributed by atoms with Crippen LogP contribution in [-0.4, -0.2) is 17.6 Å². The number of fused-ring (bicyclic) bond motifs is 2.